The summed E-state index contributed by atoms with van der Waals surface area (Å²) >= 11 is 1.32. The third-order valence-corrected chi connectivity index (χ3v) is 1.73. The number of aromatic amines is 1. The minimum absolute atomic E-state index is 0.222. The van der Waals surface area contributed by atoms with E-state index in [1.807, 2.05) is 5.43 Å². The van der Waals surface area contributed by atoms with Gasteiger partial charge in [0.05, 0.1) is 0 Å². The summed E-state index contributed by atoms with van der Waals surface area (Å²) < 4.78 is 0. The zero-order valence-corrected chi connectivity index (χ0v) is 6.60. The molecular formula is C4H7N5OS. The number of H-pyrrole nitrogens is 1. The molecule has 1 heterocycles. The maximum atomic E-state index is 10.9. The molecule has 4 N–H and O–H groups in total. The number of carbonyl (C=O) groups excluding carboxylic acids is 1. The van der Waals surface area contributed by atoms with Crippen molar-refractivity contribution < 1.29 is 4.79 Å². The third kappa shape index (κ3) is 1.49. The molecule has 0 spiro atoms. The number of hydrogen-bond donors (Lipinski definition) is 3. The van der Waals surface area contributed by atoms with E-state index in [9.17, 15) is 4.79 Å². The molecular weight excluding hydrogens is 166 g/mol. The first-order valence-corrected chi connectivity index (χ1v) is 3.97. The molecule has 0 aliphatic rings. The van der Waals surface area contributed by atoms with Crippen molar-refractivity contribution in [3.63, 3.8) is 0 Å². The number of nitrogen functional groups attached to an aromatic ring is 1. The first-order chi connectivity index (χ1) is 5.29. The first kappa shape index (κ1) is 8.02. The molecule has 1 aromatic rings. The first-order valence-electron chi connectivity index (χ1n) is 2.75. The Hall–Kier alpha value is -1.08. The summed E-state index contributed by atoms with van der Waals surface area (Å²) in [5, 5.41) is 10.2. The lowest BCUT2D eigenvalue weighted by atomic mass is 10.5. The number of nitrogens with two attached hydrogens (primary N) is 1. The second-order valence-corrected chi connectivity index (χ2v) is 2.45. The Labute approximate surface area is 66.9 Å². The molecule has 60 valence electrons. The Morgan fingerprint density at radius 1 is 1.73 bits per heavy atom. The largest absolute Gasteiger partial charge is 0.289 e. The van der Waals surface area contributed by atoms with Gasteiger partial charge in [0.25, 0.3) is 5.91 Å². The lowest BCUT2D eigenvalue weighted by molar-refractivity contribution is 0.0945. The van der Waals surface area contributed by atoms with Crippen LogP contribution in [0, 0.1) is 0 Å². The monoisotopic (exact) mass is 173 g/mol. The molecule has 0 unspecified atom stereocenters. The summed E-state index contributed by atoms with van der Waals surface area (Å²) in [6, 6.07) is 0. The van der Waals surface area contributed by atoms with Crippen molar-refractivity contribution in [1.82, 2.24) is 20.8 Å². The maximum Gasteiger partial charge on any atom is 0.288 e. The Morgan fingerprint density at radius 2 is 2.45 bits per heavy atom. The second-order valence-electron chi connectivity index (χ2n) is 1.65. The van der Waals surface area contributed by atoms with Gasteiger partial charge in [-0.15, -0.1) is 22.0 Å². The minimum Gasteiger partial charge on any atom is -0.289 e. The van der Waals surface area contributed by atoms with E-state index in [2.05, 4.69) is 15.4 Å². The quantitative estimate of drug-likeness (QED) is 0.234. The summed E-state index contributed by atoms with van der Waals surface area (Å²) in [4.78, 5) is 10.9. The molecule has 0 saturated heterocycles. The number of rotatable bonds is 2. The van der Waals surface area contributed by atoms with Crippen molar-refractivity contribution in [2.45, 2.75) is 5.03 Å². The number of aromatic nitrogens is 3. The van der Waals surface area contributed by atoms with Gasteiger partial charge in [-0.2, -0.15) is 5.21 Å². The maximum absolute atomic E-state index is 10.9. The highest BCUT2D eigenvalue weighted by molar-refractivity contribution is 7.98. The minimum atomic E-state index is -0.442. The van der Waals surface area contributed by atoms with Gasteiger partial charge in [0.2, 0.25) is 0 Å². The van der Waals surface area contributed by atoms with Gasteiger partial charge in [-0.05, 0) is 6.26 Å². The number of hydrazine groups is 1. The van der Waals surface area contributed by atoms with Gasteiger partial charge < -0.3 is 0 Å². The van der Waals surface area contributed by atoms with E-state index in [4.69, 9.17) is 5.84 Å². The number of thioether (sulfide) groups is 1. The van der Waals surface area contributed by atoms with E-state index in [-0.39, 0.29) is 5.69 Å². The van der Waals surface area contributed by atoms with Gasteiger partial charge in [0, 0.05) is 0 Å². The molecule has 0 saturated carbocycles. The van der Waals surface area contributed by atoms with Crippen LogP contribution in [0.3, 0.4) is 0 Å². The summed E-state index contributed by atoms with van der Waals surface area (Å²) in [6.07, 6.45) is 1.80. The summed E-state index contributed by atoms with van der Waals surface area (Å²) in [7, 11) is 0. The predicted molar refractivity (Wildman–Crippen MR) is 39.8 cm³/mol. The lowest BCUT2D eigenvalue weighted by Gasteiger charge is -1.93. The summed E-state index contributed by atoms with van der Waals surface area (Å²) in [5.41, 5.74) is 2.19. The molecule has 0 aromatic carbocycles. The Balaban J connectivity index is 2.92. The fourth-order valence-corrected chi connectivity index (χ4v) is 1.04. The van der Waals surface area contributed by atoms with E-state index < -0.39 is 5.91 Å². The van der Waals surface area contributed by atoms with Crippen molar-refractivity contribution in [2.24, 2.45) is 5.84 Å². The highest BCUT2D eigenvalue weighted by atomic mass is 32.2. The van der Waals surface area contributed by atoms with Crippen LogP contribution in [-0.2, 0) is 0 Å². The molecule has 6 nitrogen and oxygen atoms in total. The van der Waals surface area contributed by atoms with Crippen molar-refractivity contribution in [3.8, 4) is 0 Å². The number of carbonyl (C=O) groups is 1. The number of nitrogens with zero attached hydrogens (tertiary/aromatic N) is 2. The smallest absolute Gasteiger partial charge is 0.288 e. The fourth-order valence-electron chi connectivity index (χ4n) is 0.580. The van der Waals surface area contributed by atoms with E-state index >= 15 is 0 Å². The van der Waals surface area contributed by atoms with Crippen molar-refractivity contribution in [3.05, 3.63) is 5.69 Å². The highest BCUT2D eigenvalue weighted by Gasteiger charge is 2.13. The van der Waals surface area contributed by atoms with Crippen molar-refractivity contribution >= 4 is 17.7 Å². The molecule has 11 heavy (non-hydrogen) atoms. The number of amides is 1. The van der Waals surface area contributed by atoms with E-state index in [1.165, 1.54) is 11.8 Å². The van der Waals surface area contributed by atoms with Crippen LogP contribution in [0.15, 0.2) is 5.03 Å². The average Bonchev–Trinajstić information content (AvgIpc) is 2.50. The third-order valence-electron chi connectivity index (χ3n) is 1.06. The zero-order chi connectivity index (χ0) is 8.27. The van der Waals surface area contributed by atoms with Crippen LogP contribution in [0.1, 0.15) is 10.5 Å². The highest BCUT2D eigenvalue weighted by Crippen LogP contribution is 2.13. The van der Waals surface area contributed by atoms with E-state index in [1.54, 1.807) is 6.26 Å². The average molecular weight is 173 g/mol. The van der Waals surface area contributed by atoms with Gasteiger partial charge in [-0.3, -0.25) is 10.2 Å². The molecule has 0 atom stereocenters. The SMILES string of the molecule is CSc1n[nH]nc1C(=O)NN. The fraction of sp³-hybridized carbons (Fsp3) is 0.250. The molecule has 1 amide bonds. The summed E-state index contributed by atoms with van der Waals surface area (Å²) in [6.45, 7) is 0. The van der Waals surface area contributed by atoms with Crippen LogP contribution < -0.4 is 11.3 Å². The molecule has 0 bridgehead atoms. The van der Waals surface area contributed by atoms with Gasteiger partial charge in [0.15, 0.2) is 10.7 Å². The second kappa shape index (κ2) is 3.35. The van der Waals surface area contributed by atoms with Crippen LogP contribution in [0.25, 0.3) is 0 Å². The zero-order valence-electron chi connectivity index (χ0n) is 5.79. The normalized spacial score (nSPS) is 9.64. The van der Waals surface area contributed by atoms with Crippen LogP contribution >= 0.6 is 11.8 Å². The molecule has 0 fully saturated rings. The van der Waals surface area contributed by atoms with Crippen LogP contribution in [0.4, 0.5) is 0 Å². The Morgan fingerprint density at radius 3 is 3.00 bits per heavy atom. The Bertz CT molecular complexity index is 259. The van der Waals surface area contributed by atoms with E-state index in [0.29, 0.717) is 5.03 Å². The van der Waals surface area contributed by atoms with Crippen LogP contribution in [0.5, 0.6) is 0 Å². The van der Waals surface area contributed by atoms with Crippen LogP contribution in [-0.4, -0.2) is 27.6 Å². The van der Waals surface area contributed by atoms with E-state index in [0.717, 1.165) is 0 Å². The molecule has 0 aliphatic carbocycles. The molecule has 1 rings (SSSR count). The van der Waals surface area contributed by atoms with Crippen molar-refractivity contribution in [2.75, 3.05) is 6.26 Å². The van der Waals surface area contributed by atoms with Gasteiger partial charge in [-0.1, -0.05) is 0 Å². The number of nitrogens with one attached hydrogen (secondary N) is 2. The van der Waals surface area contributed by atoms with Gasteiger partial charge >= 0.3 is 0 Å². The standard InChI is InChI=1S/C4H7N5OS/c1-11-4-2(3(10)6-5)7-9-8-4/h5H2,1H3,(H,6,10)(H,7,8,9). The molecule has 1 aromatic heterocycles. The molecule has 0 radical (unpaired) electrons. The Kier molecular flexibility index (Phi) is 2.44. The molecule has 0 aliphatic heterocycles. The van der Waals surface area contributed by atoms with Gasteiger partial charge in [-0.25, -0.2) is 5.84 Å². The lowest BCUT2D eigenvalue weighted by Crippen LogP contribution is -2.30. The topological polar surface area (TPSA) is 96.7 Å². The number of hydrogen-bond acceptors (Lipinski definition) is 5. The van der Waals surface area contributed by atoms with Gasteiger partial charge in [0.1, 0.15) is 0 Å². The molecule has 7 heteroatoms. The predicted octanol–water partition coefficient (Wildman–Crippen LogP) is -0.870. The summed E-state index contributed by atoms with van der Waals surface area (Å²) in [5.74, 6) is 4.45. The van der Waals surface area contributed by atoms with Crippen molar-refractivity contribution in [1.29, 1.82) is 0 Å². The van der Waals surface area contributed by atoms with Crippen LogP contribution in [0.2, 0.25) is 0 Å².